The molecule has 5 atom stereocenters. The molecule has 0 radical (unpaired) electrons. The molecule has 3 aliphatic rings. The lowest BCUT2D eigenvalue weighted by atomic mass is 9.68. The van der Waals surface area contributed by atoms with Gasteiger partial charge < -0.3 is 10.4 Å². The minimum Gasteiger partial charge on any atom is -0.478 e. The quantitative estimate of drug-likeness (QED) is 0.826. The Bertz CT molecular complexity index is 847. The van der Waals surface area contributed by atoms with Gasteiger partial charge in [0, 0.05) is 0 Å². The summed E-state index contributed by atoms with van der Waals surface area (Å²) in [5.41, 5.74) is 3.12. The molecule has 3 nitrogen and oxygen atoms in total. The van der Waals surface area contributed by atoms with Gasteiger partial charge in [-0.3, -0.25) is 0 Å². The van der Waals surface area contributed by atoms with E-state index in [9.17, 15) is 9.18 Å². The van der Waals surface area contributed by atoms with Crippen LogP contribution in [0.5, 0.6) is 0 Å². The maximum Gasteiger partial charge on any atom is 0.335 e. The standard InChI is InChI=1S/C21H20FNO2/c22-16-3-1-2-15-17-13-8-9-14(10-13)18(17)19(23-20(15)16)11-4-6-12(7-5-11)21(24)25/h1-7,13-14,17-19,23H,8-10H2,(H,24,25)/t13-,14-,17-,18+,19-/m0/s1. The van der Waals surface area contributed by atoms with Crippen LogP contribution in [0.1, 0.15) is 52.7 Å². The molecule has 2 saturated carbocycles. The first-order chi connectivity index (χ1) is 12.1. The number of benzene rings is 2. The SMILES string of the molecule is O=C(O)c1ccc([C@@H]2Nc3c(F)cccc3[C@@H]3[C@H]4CC[C@@H](C4)[C@H]32)cc1. The lowest BCUT2D eigenvalue weighted by Crippen LogP contribution is -2.35. The number of fused-ring (bicyclic) bond motifs is 7. The summed E-state index contributed by atoms with van der Waals surface area (Å²) in [6.45, 7) is 0. The van der Waals surface area contributed by atoms with E-state index in [4.69, 9.17) is 5.11 Å². The number of anilines is 1. The summed E-state index contributed by atoms with van der Waals surface area (Å²) in [6, 6.07) is 12.5. The predicted molar refractivity (Wildman–Crippen MR) is 93.2 cm³/mol. The van der Waals surface area contributed by atoms with Crippen LogP contribution in [0.2, 0.25) is 0 Å². The number of nitrogens with one attached hydrogen (secondary N) is 1. The molecule has 2 N–H and O–H groups in total. The predicted octanol–water partition coefficient (Wildman–Crippen LogP) is 4.82. The molecule has 25 heavy (non-hydrogen) atoms. The number of hydrogen-bond acceptors (Lipinski definition) is 2. The third kappa shape index (κ3) is 2.13. The van der Waals surface area contributed by atoms with Crippen molar-refractivity contribution in [1.29, 1.82) is 0 Å². The van der Waals surface area contributed by atoms with Crippen LogP contribution >= 0.6 is 0 Å². The minimum atomic E-state index is -0.919. The maximum atomic E-state index is 14.5. The molecule has 1 aliphatic heterocycles. The van der Waals surface area contributed by atoms with Crippen molar-refractivity contribution in [3.8, 4) is 0 Å². The summed E-state index contributed by atoms with van der Waals surface area (Å²) in [5.74, 6) is 1.09. The van der Waals surface area contributed by atoms with Gasteiger partial charge in [-0.25, -0.2) is 9.18 Å². The Labute approximate surface area is 145 Å². The number of aromatic carboxylic acids is 1. The van der Waals surface area contributed by atoms with E-state index in [0.717, 1.165) is 11.1 Å². The molecule has 128 valence electrons. The van der Waals surface area contributed by atoms with Crippen LogP contribution < -0.4 is 5.32 Å². The van der Waals surface area contributed by atoms with Crippen molar-refractivity contribution in [3.05, 3.63) is 65.0 Å². The fourth-order valence-corrected chi connectivity index (χ4v) is 5.64. The molecule has 2 bridgehead atoms. The van der Waals surface area contributed by atoms with E-state index in [1.807, 2.05) is 18.2 Å². The molecule has 2 aromatic rings. The van der Waals surface area contributed by atoms with Crippen LogP contribution in [0, 0.1) is 23.6 Å². The van der Waals surface area contributed by atoms with Crippen molar-refractivity contribution in [3.63, 3.8) is 0 Å². The van der Waals surface area contributed by atoms with E-state index in [1.165, 1.54) is 25.3 Å². The molecule has 5 rings (SSSR count). The third-order valence-electron chi connectivity index (χ3n) is 6.59. The lowest BCUT2D eigenvalue weighted by Gasteiger charge is -2.43. The Morgan fingerprint density at radius 3 is 2.60 bits per heavy atom. The van der Waals surface area contributed by atoms with Gasteiger partial charge in [0.15, 0.2) is 0 Å². The zero-order valence-corrected chi connectivity index (χ0v) is 13.8. The number of carbonyl (C=O) groups is 1. The minimum absolute atomic E-state index is 0.0487. The number of para-hydroxylation sites is 1. The summed E-state index contributed by atoms with van der Waals surface area (Å²) in [7, 11) is 0. The van der Waals surface area contributed by atoms with E-state index < -0.39 is 5.97 Å². The first kappa shape index (κ1) is 14.9. The van der Waals surface area contributed by atoms with E-state index in [1.54, 1.807) is 12.1 Å². The van der Waals surface area contributed by atoms with E-state index in [2.05, 4.69) is 11.4 Å². The third-order valence-corrected chi connectivity index (χ3v) is 6.59. The van der Waals surface area contributed by atoms with Gasteiger partial charge in [-0.15, -0.1) is 0 Å². The van der Waals surface area contributed by atoms with Crippen LogP contribution in [0.25, 0.3) is 0 Å². The van der Waals surface area contributed by atoms with Crippen LogP contribution in [-0.2, 0) is 0 Å². The summed E-state index contributed by atoms with van der Waals surface area (Å²) in [6.07, 6.45) is 3.73. The fraction of sp³-hybridized carbons (Fsp3) is 0.381. The molecular formula is C21H20FNO2. The molecular weight excluding hydrogens is 317 g/mol. The second kappa shape index (κ2) is 5.32. The molecule has 0 aromatic heterocycles. The fourth-order valence-electron chi connectivity index (χ4n) is 5.64. The number of halogens is 1. The molecule has 4 heteroatoms. The molecule has 0 spiro atoms. The Hall–Kier alpha value is -2.36. The number of rotatable bonds is 2. The van der Waals surface area contributed by atoms with Crippen molar-refractivity contribution in [2.24, 2.45) is 17.8 Å². The van der Waals surface area contributed by atoms with Crippen LogP contribution in [0.15, 0.2) is 42.5 Å². The molecule has 0 saturated heterocycles. The van der Waals surface area contributed by atoms with Crippen LogP contribution in [0.3, 0.4) is 0 Å². The van der Waals surface area contributed by atoms with Gasteiger partial charge in [-0.1, -0.05) is 24.3 Å². The van der Waals surface area contributed by atoms with Gasteiger partial charge >= 0.3 is 5.97 Å². The first-order valence-corrected chi connectivity index (χ1v) is 9.01. The van der Waals surface area contributed by atoms with Gasteiger partial charge in [-0.2, -0.15) is 0 Å². The zero-order chi connectivity index (χ0) is 17.1. The highest BCUT2D eigenvalue weighted by Crippen LogP contribution is 2.63. The average molecular weight is 337 g/mol. The normalized spacial score (nSPS) is 32.0. The van der Waals surface area contributed by atoms with Gasteiger partial charge in [0.2, 0.25) is 0 Å². The highest BCUT2D eigenvalue weighted by molar-refractivity contribution is 5.87. The molecule has 2 aromatic carbocycles. The highest BCUT2D eigenvalue weighted by atomic mass is 19.1. The zero-order valence-electron chi connectivity index (χ0n) is 13.8. The monoisotopic (exact) mass is 337 g/mol. The van der Waals surface area contributed by atoms with Crippen molar-refractivity contribution >= 4 is 11.7 Å². The van der Waals surface area contributed by atoms with Crippen LogP contribution in [-0.4, -0.2) is 11.1 Å². The first-order valence-electron chi connectivity index (χ1n) is 9.01. The van der Waals surface area contributed by atoms with Crippen molar-refractivity contribution in [1.82, 2.24) is 0 Å². The Kier molecular flexibility index (Phi) is 3.18. The number of carboxylic acid groups (broad SMARTS) is 1. The second-order valence-corrected chi connectivity index (χ2v) is 7.69. The summed E-state index contributed by atoms with van der Waals surface area (Å²) >= 11 is 0. The van der Waals surface area contributed by atoms with Gasteiger partial charge in [0.05, 0.1) is 17.3 Å². The Balaban J connectivity index is 1.60. The molecule has 2 aliphatic carbocycles. The van der Waals surface area contributed by atoms with E-state index in [-0.39, 0.29) is 17.4 Å². The Morgan fingerprint density at radius 2 is 1.84 bits per heavy atom. The number of carboxylic acids is 1. The molecule has 0 amide bonds. The second-order valence-electron chi connectivity index (χ2n) is 7.69. The van der Waals surface area contributed by atoms with Gasteiger partial charge in [-0.05, 0) is 72.3 Å². The van der Waals surface area contributed by atoms with E-state index in [0.29, 0.717) is 29.4 Å². The largest absolute Gasteiger partial charge is 0.478 e. The van der Waals surface area contributed by atoms with E-state index >= 15 is 0 Å². The van der Waals surface area contributed by atoms with Crippen molar-refractivity contribution < 1.29 is 14.3 Å². The van der Waals surface area contributed by atoms with Crippen molar-refractivity contribution in [2.75, 3.05) is 5.32 Å². The Morgan fingerprint density at radius 1 is 1.08 bits per heavy atom. The van der Waals surface area contributed by atoms with Gasteiger partial charge in [0.25, 0.3) is 0 Å². The average Bonchev–Trinajstić information content (AvgIpc) is 3.24. The summed E-state index contributed by atoms with van der Waals surface area (Å²) in [5, 5.41) is 12.6. The molecule has 1 heterocycles. The topological polar surface area (TPSA) is 49.3 Å². The van der Waals surface area contributed by atoms with Gasteiger partial charge in [0.1, 0.15) is 5.82 Å². The van der Waals surface area contributed by atoms with Crippen molar-refractivity contribution in [2.45, 2.75) is 31.2 Å². The number of hydrogen-bond donors (Lipinski definition) is 2. The molecule has 2 fully saturated rings. The summed E-state index contributed by atoms with van der Waals surface area (Å²) in [4.78, 5) is 11.1. The lowest BCUT2D eigenvalue weighted by molar-refractivity contribution is 0.0697. The highest BCUT2D eigenvalue weighted by Gasteiger charge is 2.54. The smallest absolute Gasteiger partial charge is 0.335 e. The summed E-state index contributed by atoms with van der Waals surface area (Å²) < 4.78 is 14.5. The maximum absolute atomic E-state index is 14.5. The van der Waals surface area contributed by atoms with Crippen LogP contribution in [0.4, 0.5) is 10.1 Å². The molecule has 0 unspecified atom stereocenters.